The Hall–Kier alpha value is -1.95. The molecule has 4 saturated carbocycles. The molecule has 0 saturated heterocycles. The highest BCUT2D eigenvalue weighted by molar-refractivity contribution is 7.80. The predicted octanol–water partition coefficient (Wildman–Crippen LogP) is 5.89. The maximum absolute atomic E-state index is 14.3. The Balaban J connectivity index is 1.41. The first-order valence-corrected chi connectivity index (χ1v) is 13.8. The van der Waals surface area contributed by atoms with Gasteiger partial charge in [0.1, 0.15) is 0 Å². The average molecular weight is 497 g/mol. The van der Waals surface area contributed by atoms with Crippen LogP contribution in [-0.4, -0.2) is 29.5 Å². The van der Waals surface area contributed by atoms with Crippen molar-refractivity contribution in [1.82, 2.24) is 5.32 Å². The summed E-state index contributed by atoms with van der Waals surface area (Å²) in [5, 5.41) is 7.23. The van der Waals surface area contributed by atoms with Crippen LogP contribution in [-0.2, 0) is 14.3 Å². The number of nitrogens with one attached hydrogen (secondary N) is 2. The van der Waals surface area contributed by atoms with Crippen molar-refractivity contribution < 1.29 is 14.3 Å². The van der Waals surface area contributed by atoms with Gasteiger partial charge < -0.3 is 15.4 Å². The van der Waals surface area contributed by atoms with Gasteiger partial charge in [-0.3, -0.25) is 9.59 Å². The molecule has 4 aliphatic carbocycles. The second kappa shape index (κ2) is 8.57. The third-order valence-corrected chi connectivity index (χ3v) is 10.8. The third-order valence-electron chi connectivity index (χ3n) is 10.5. The van der Waals surface area contributed by atoms with Crippen molar-refractivity contribution >= 4 is 34.8 Å². The second-order valence-corrected chi connectivity index (χ2v) is 12.8. The fourth-order valence-corrected chi connectivity index (χ4v) is 9.35. The first-order valence-electron chi connectivity index (χ1n) is 13.4. The van der Waals surface area contributed by atoms with Crippen molar-refractivity contribution in [3.05, 3.63) is 30.3 Å². The minimum atomic E-state index is -0.453. The molecule has 1 aromatic carbocycles. The summed E-state index contributed by atoms with van der Waals surface area (Å²) < 4.78 is 5.58. The smallest absolute Gasteiger partial charge is 0.312 e. The Kier molecular flexibility index (Phi) is 6.05. The van der Waals surface area contributed by atoms with E-state index in [-0.39, 0.29) is 34.2 Å². The van der Waals surface area contributed by atoms with Crippen molar-refractivity contribution in [3.63, 3.8) is 0 Å². The number of thiocarbonyl (C=S) groups is 1. The third kappa shape index (κ3) is 3.65. The molecular weight excluding hydrogens is 456 g/mol. The van der Waals surface area contributed by atoms with Gasteiger partial charge >= 0.3 is 5.97 Å². The molecule has 2 bridgehead atoms. The number of anilines is 1. The van der Waals surface area contributed by atoms with Gasteiger partial charge in [0.15, 0.2) is 10.9 Å². The number of carbonyl (C=O) groups is 2. The maximum atomic E-state index is 14.3. The Morgan fingerprint density at radius 2 is 1.77 bits per heavy atom. The molecule has 6 heteroatoms. The summed E-state index contributed by atoms with van der Waals surface area (Å²) in [6, 6.07) is 9.60. The summed E-state index contributed by atoms with van der Waals surface area (Å²) in [7, 11) is 0. The Bertz CT molecular complexity index is 1030. The molecule has 190 valence electrons. The zero-order chi connectivity index (χ0) is 25.1. The van der Waals surface area contributed by atoms with Crippen molar-refractivity contribution in [2.75, 3.05) is 11.9 Å². The standard InChI is InChI=1S/C29H40N2O3S/c1-5-34-24(33)28(4)15-9-14-27(3)20(28)13-17-29-18-26(2,16-12-21(27)29)22(23(29)32)31-25(35)30-19-10-7-6-8-11-19/h6-8,10-11,20-22H,5,9,12-18H2,1-4H3,(H2,30,31,35)/t20-,21-,22+,26-,27+,28+,29-/m0/s1. The van der Waals surface area contributed by atoms with Gasteiger partial charge in [-0.1, -0.05) is 38.5 Å². The molecule has 4 fully saturated rings. The molecule has 5 nitrogen and oxygen atoms in total. The predicted molar refractivity (Wildman–Crippen MR) is 142 cm³/mol. The van der Waals surface area contributed by atoms with Gasteiger partial charge in [-0.2, -0.15) is 0 Å². The lowest BCUT2D eigenvalue weighted by atomic mass is 9.40. The molecule has 0 aliphatic heterocycles. The zero-order valence-corrected chi connectivity index (χ0v) is 22.4. The number of hydrogen-bond acceptors (Lipinski definition) is 4. The largest absolute Gasteiger partial charge is 0.466 e. The first-order chi connectivity index (χ1) is 16.6. The Morgan fingerprint density at radius 1 is 1.06 bits per heavy atom. The van der Waals surface area contributed by atoms with Gasteiger partial charge in [0.05, 0.1) is 18.1 Å². The minimum Gasteiger partial charge on any atom is -0.466 e. The van der Waals surface area contributed by atoms with E-state index in [0.29, 0.717) is 23.4 Å². The number of esters is 1. The highest BCUT2D eigenvalue weighted by Crippen LogP contribution is 2.72. The van der Waals surface area contributed by atoms with Crippen LogP contribution in [0.25, 0.3) is 0 Å². The van der Waals surface area contributed by atoms with E-state index in [9.17, 15) is 9.59 Å². The molecule has 0 aromatic heterocycles. The highest BCUT2D eigenvalue weighted by atomic mass is 32.1. The van der Waals surface area contributed by atoms with Crippen molar-refractivity contribution in [2.24, 2.45) is 33.5 Å². The summed E-state index contributed by atoms with van der Waals surface area (Å²) in [5.74, 6) is 0.888. The first kappa shape index (κ1) is 24.7. The molecule has 1 spiro atoms. The van der Waals surface area contributed by atoms with E-state index in [1.54, 1.807) is 0 Å². The number of ether oxygens (including phenoxy) is 1. The van der Waals surface area contributed by atoms with E-state index in [1.807, 2.05) is 37.3 Å². The van der Waals surface area contributed by atoms with Gasteiger partial charge in [-0.15, -0.1) is 0 Å². The van der Waals surface area contributed by atoms with Crippen LogP contribution in [0.1, 0.15) is 79.1 Å². The number of hydrogen-bond donors (Lipinski definition) is 2. The van der Waals surface area contributed by atoms with E-state index in [0.717, 1.165) is 57.1 Å². The molecule has 1 aromatic rings. The highest BCUT2D eigenvalue weighted by Gasteiger charge is 2.71. The second-order valence-electron chi connectivity index (χ2n) is 12.4. The monoisotopic (exact) mass is 496 g/mol. The summed E-state index contributed by atoms with van der Waals surface area (Å²) in [6.45, 7) is 9.11. The molecule has 0 amide bonds. The van der Waals surface area contributed by atoms with Crippen LogP contribution in [0, 0.1) is 33.5 Å². The SMILES string of the molecule is CCOC(=O)[C@]1(C)CCC[C@@]2(C)[C@@H]3CC[C@@]4(C)C[C@]3(CC[C@@H]21)C(=O)[C@H]4NC(=S)Nc1ccccc1. The molecule has 35 heavy (non-hydrogen) atoms. The van der Waals surface area contributed by atoms with Crippen LogP contribution in [0.15, 0.2) is 30.3 Å². The fourth-order valence-electron chi connectivity index (χ4n) is 9.12. The molecular formula is C29H40N2O3S. The summed E-state index contributed by atoms with van der Waals surface area (Å²) in [4.78, 5) is 27.5. The van der Waals surface area contributed by atoms with Crippen molar-refractivity contribution in [2.45, 2.75) is 85.1 Å². The molecule has 0 heterocycles. The van der Waals surface area contributed by atoms with Gasteiger partial charge in [-0.25, -0.2) is 0 Å². The number of benzene rings is 1. The zero-order valence-electron chi connectivity index (χ0n) is 21.6. The van der Waals surface area contributed by atoms with E-state index >= 15 is 0 Å². The molecule has 0 radical (unpaired) electrons. The molecule has 5 rings (SSSR count). The van der Waals surface area contributed by atoms with Crippen LogP contribution in [0.3, 0.4) is 0 Å². The molecule has 4 aliphatic rings. The van der Waals surface area contributed by atoms with Crippen molar-refractivity contribution in [1.29, 1.82) is 0 Å². The minimum absolute atomic E-state index is 0.0211. The number of ketones is 1. The average Bonchev–Trinajstić information content (AvgIpc) is 2.96. The lowest BCUT2D eigenvalue weighted by Crippen LogP contribution is -2.60. The maximum Gasteiger partial charge on any atom is 0.312 e. The van der Waals surface area contributed by atoms with Crippen LogP contribution < -0.4 is 10.6 Å². The van der Waals surface area contributed by atoms with Gasteiger partial charge in [0.2, 0.25) is 0 Å². The van der Waals surface area contributed by atoms with Crippen LogP contribution in [0.4, 0.5) is 5.69 Å². The van der Waals surface area contributed by atoms with Crippen molar-refractivity contribution in [3.8, 4) is 0 Å². The van der Waals surface area contributed by atoms with E-state index in [2.05, 4.69) is 31.4 Å². The van der Waals surface area contributed by atoms with E-state index in [4.69, 9.17) is 17.0 Å². The summed E-state index contributed by atoms with van der Waals surface area (Å²) >= 11 is 5.65. The number of carbonyl (C=O) groups excluding carboxylic acids is 2. The Labute approximate surface area is 215 Å². The van der Waals surface area contributed by atoms with Crippen LogP contribution in [0.5, 0.6) is 0 Å². The molecule has 0 unspecified atom stereocenters. The number of Topliss-reactive ketones (excluding diaryl/α,β-unsaturated/α-hetero) is 1. The number of fused-ring (bicyclic) bond motifs is 3. The summed E-state index contributed by atoms with van der Waals surface area (Å²) in [5.41, 5.74) is 0.0373. The topological polar surface area (TPSA) is 67.4 Å². The quantitative estimate of drug-likeness (QED) is 0.400. The van der Waals surface area contributed by atoms with Crippen LogP contribution in [0.2, 0.25) is 0 Å². The molecule has 2 N–H and O–H groups in total. The van der Waals surface area contributed by atoms with E-state index in [1.165, 1.54) is 0 Å². The summed E-state index contributed by atoms with van der Waals surface area (Å²) in [6.07, 6.45) is 7.78. The van der Waals surface area contributed by atoms with Gasteiger partial charge in [0.25, 0.3) is 0 Å². The lowest BCUT2D eigenvalue weighted by molar-refractivity contribution is -0.188. The number of rotatable bonds is 4. The normalized spacial score (nSPS) is 41.9. The van der Waals surface area contributed by atoms with E-state index < -0.39 is 5.41 Å². The number of para-hydroxylation sites is 1. The van der Waals surface area contributed by atoms with Crippen LogP contribution >= 0.6 is 12.2 Å². The van der Waals surface area contributed by atoms with Gasteiger partial charge in [0, 0.05) is 11.1 Å². The lowest BCUT2D eigenvalue weighted by Gasteiger charge is -2.63. The Morgan fingerprint density at radius 3 is 2.49 bits per heavy atom. The fraction of sp³-hybridized carbons (Fsp3) is 0.690. The molecule has 7 atom stereocenters. The van der Waals surface area contributed by atoms with Gasteiger partial charge in [-0.05, 0) is 106 Å².